The molecule has 132 valence electrons. The molecule has 0 saturated carbocycles. The predicted octanol–water partition coefficient (Wildman–Crippen LogP) is 3.23. The average Bonchev–Trinajstić information content (AvgIpc) is 2.66. The van der Waals surface area contributed by atoms with Crippen LogP contribution in [0.2, 0.25) is 0 Å². The third-order valence-corrected chi connectivity index (χ3v) is 4.31. The fourth-order valence-electron chi connectivity index (χ4n) is 2.91. The zero-order chi connectivity index (χ0) is 18.5. The van der Waals surface area contributed by atoms with Crippen molar-refractivity contribution < 1.29 is 9.59 Å². The molecule has 0 aromatic heterocycles. The van der Waals surface area contributed by atoms with Crippen LogP contribution in [0.4, 0.5) is 5.69 Å². The van der Waals surface area contributed by atoms with Gasteiger partial charge in [-0.25, -0.2) is 0 Å². The Hall–Kier alpha value is -3.18. The molecule has 0 heterocycles. The Morgan fingerprint density at radius 1 is 0.962 bits per heavy atom. The standard InChI is InChI=1S/C21H21N3O2/c1-14(18-8-4-6-15-5-2-3-7-19(15)18)23-13-20(25)24-17-11-9-16(10-12-17)21(22)26/h2-12,14,23H,13H2,1H3,(H2,22,26)(H,24,25)/t14-/m0/s1. The number of hydrogen-bond donors (Lipinski definition) is 3. The maximum atomic E-state index is 12.2. The molecule has 3 aromatic rings. The van der Waals surface area contributed by atoms with E-state index in [1.165, 1.54) is 10.8 Å². The van der Waals surface area contributed by atoms with Crippen LogP contribution in [0.5, 0.6) is 0 Å². The smallest absolute Gasteiger partial charge is 0.248 e. The predicted molar refractivity (Wildman–Crippen MR) is 104 cm³/mol. The second-order valence-electron chi connectivity index (χ2n) is 6.16. The Morgan fingerprint density at radius 2 is 1.65 bits per heavy atom. The molecule has 1 atom stereocenters. The summed E-state index contributed by atoms with van der Waals surface area (Å²) in [6.07, 6.45) is 0. The molecule has 26 heavy (non-hydrogen) atoms. The van der Waals surface area contributed by atoms with E-state index >= 15 is 0 Å². The van der Waals surface area contributed by atoms with Gasteiger partial charge in [-0.1, -0.05) is 42.5 Å². The molecule has 5 heteroatoms. The first-order chi connectivity index (χ1) is 12.5. The number of primary amides is 1. The van der Waals surface area contributed by atoms with Gasteiger partial charge >= 0.3 is 0 Å². The lowest BCUT2D eigenvalue weighted by Gasteiger charge is -2.16. The van der Waals surface area contributed by atoms with Crippen molar-refractivity contribution in [2.24, 2.45) is 5.73 Å². The Morgan fingerprint density at radius 3 is 2.38 bits per heavy atom. The van der Waals surface area contributed by atoms with Gasteiger partial charge in [-0.05, 0) is 47.5 Å². The molecule has 3 rings (SSSR count). The average molecular weight is 347 g/mol. The van der Waals surface area contributed by atoms with Gasteiger partial charge in [0.15, 0.2) is 0 Å². The van der Waals surface area contributed by atoms with E-state index in [1.807, 2.05) is 25.1 Å². The highest BCUT2D eigenvalue weighted by Crippen LogP contribution is 2.23. The summed E-state index contributed by atoms with van der Waals surface area (Å²) >= 11 is 0. The van der Waals surface area contributed by atoms with E-state index < -0.39 is 5.91 Å². The number of nitrogens with two attached hydrogens (primary N) is 1. The Bertz CT molecular complexity index is 930. The van der Waals surface area contributed by atoms with Gasteiger partial charge in [0.2, 0.25) is 11.8 Å². The molecular weight excluding hydrogens is 326 g/mol. The molecule has 5 nitrogen and oxygen atoms in total. The number of nitrogens with one attached hydrogen (secondary N) is 2. The van der Waals surface area contributed by atoms with Gasteiger partial charge < -0.3 is 16.4 Å². The first kappa shape index (κ1) is 17.6. The molecule has 2 amide bonds. The summed E-state index contributed by atoms with van der Waals surface area (Å²) in [7, 11) is 0. The fraction of sp³-hybridized carbons (Fsp3) is 0.143. The van der Waals surface area contributed by atoms with E-state index in [-0.39, 0.29) is 18.5 Å². The normalized spacial score (nSPS) is 11.9. The zero-order valence-corrected chi connectivity index (χ0v) is 14.5. The molecule has 0 aliphatic rings. The van der Waals surface area contributed by atoms with Crippen LogP contribution in [0.15, 0.2) is 66.7 Å². The lowest BCUT2D eigenvalue weighted by atomic mass is 10.00. The number of carbonyl (C=O) groups excluding carboxylic acids is 2. The van der Waals surface area contributed by atoms with Crippen LogP contribution in [-0.2, 0) is 4.79 Å². The maximum absolute atomic E-state index is 12.2. The van der Waals surface area contributed by atoms with Crippen LogP contribution in [0.3, 0.4) is 0 Å². The van der Waals surface area contributed by atoms with E-state index in [4.69, 9.17) is 5.73 Å². The van der Waals surface area contributed by atoms with Crippen LogP contribution in [0.1, 0.15) is 28.9 Å². The van der Waals surface area contributed by atoms with E-state index in [0.29, 0.717) is 11.3 Å². The highest BCUT2D eigenvalue weighted by molar-refractivity contribution is 5.95. The van der Waals surface area contributed by atoms with Gasteiger partial charge in [0.05, 0.1) is 6.54 Å². The van der Waals surface area contributed by atoms with Gasteiger partial charge in [0.25, 0.3) is 0 Å². The first-order valence-corrected chi connectivity index (χ1v) is 8.45. The highest BCUT2D eigenvalue weighted by Gasteiger charge is 2.11. The Kier molecular flexibility index (Phi) is 5.29. The van der Waals surface area contributed by atoms with Crippen LogP contribution in [0.25, 0.3) is 10.8 Å². The van der Waals surface area contributed by atoms with Crippen molar-refractivity contribution in [3.8, 4) is 0 Å². The third-order valence-electron chi connectivity index (χ3n) is 4.31. The molecule has 0 radical (unpaired) electrons. The molecule has 0 spiro atoms. The van der Waals surface area contributed by atoms with Crippen molar-refractivity contribution in [1.29, 1.82) is 0 Å². The number of rotatable bonds is 6. The molecule has 0 aliphatic carbocycles. The van der Waals surface area contributed by atoms with Gasteiger partial charge in [-0.2, -0.15) is 0 Å². The summed E-state index contributed by atoms with van der Waals surface area (Å²) in [5, 5.41) is 8.41. The quantitative estimate of drug-likeness (QED) is 0.640. The third kappa shape index (κ3) is 4.07. The molecule has 0 bridgehead atoms. The summed E-state index contributed by atoms with van der Waals surface area (Å²) < 4.78 is 0. The van der Waals surface area contributed by atoms with E-state index in [9.17, 15) is 9.59 Å². The lowest BCUT2D eigenvalue weighted by Crippen LogP contribution is -2.30. The van der Waals surface area contributed by atoms with Crippen molar-refractivity contribution in [1.82, 2.24) is 5.32 Å². The number of fused-ring (bicyclic) bond motifs is 1. The number of hydrogen-bond acceptors (Lipinski definition) is 3. The highest BCUT2D eigenvalue weighted by atomic mass is 16.2. The van der Waals surface area contributed by atoms with E-state index in [1.54, 1.807) is 24.3 Å². The summed E-state index contributed by atoms with van der Waals surface area (Å²) in [4.78, 5) is 23.2. The van der Waals surface area contributed by atoms with E-state index in [0.717, 1.165) is 5.56 Å². The molecule has 0 unspecified atom stereocenters. The van der Waals surface area contributed by atoms with Gasteiger partial charge in [0, 0.05) is 17.3 Å². The van der Waals surface area contributed by atoms with Gasteiger partial charge in [-0.3, -0.25) is 9.59 Å². The van der Waals surface area contributed by atoms with Gasteiger partial charge in [0.1, 0.15) is 0 Å². The van der Waals surface area contributed by atoms with Crippen LogP contribution in [0, 0.1) is 0 Å². The van der Waals surface area contributed by atoms with E-state index in [2.05, 4.69) is 34.9 Å². The zero-order valence-electron chi connectivity index (χ0n) is 14.5. The van der Waals surface area contributed by atoms with Crippen molar-refractivity contribution in [3.05, 3.63) is 77.9 Å². The summed E-state index contributed by atoms with van der Waals surface area (Å²) in [5.74, 6) is -0.641. The van der Waals surface area contributed by atoms with Crippen molar-refractivity contribution in [2.45, 2.75) is 13.0 Å². The van der Waals surface area contributed by atoms with Crippen LogP contribution < -0.4 is 16.4 Å². The number of benzene rings is 3. The maximum Gasteiger partial charge on any atom is 0.248 e. The topological polar surface area (TPSA) is 84.2 Å². The van der Waals surface area contributed by atoms with Crippen LogP contribution in [-0.4, -0.2) is 18.4 Å². The monoisotopic (exact) mass is 347 g/mol. The summed E-state index contributed by atoms with van der Waals surface area (Å²) in [6, 6.07) is 20.9. The first-order valence-electron chi connectivity index (χ1n) is 8.45. The molecule has 0 saturated heterocycles. The van der Waals surface area contributed by atoms with Gasteiger partial charge in [-0.15, -0.1) is 0 Å². The second-order valence-corrected chi connectivity index (χ2v) is 6.16. The molecular formula is C21H21N3O2. The molecule has 0 fully saturated rings. The summed E-state index contributed by atoms with van der Waals surface area (Å²) in [5.41, 5.74) is 7.39. The molecule has 3 aromatic carbocycles. The lowest BCUT2D eigenvalue weighted by molar-refractivity contribution is -0.115. The number of anilines is 1. The largest absolute Gasteiger partial charge is 0.366 e. The Labute approximate surface area is 152 Å². The summed E-state index contributed by atoms with van der Waals surface area (Å²) in [6.45, 7) is 2.22. The minimum absolute atomic E-state index is 0.0316. The molecule has 0 aliphatic heterocycles. The van der Waals surface area contributed by atoms with Crippen molar-refractivity contribution >= 4 is 28.3 Å². The number of carbonyl (C=O) groups is 2. The molecule has 4 N–H and O–H groups in total. The Balaban J connectivity index is 1.61. The number of amides is 2. The fourth-order valence-corrected chi connectivity index (χ4v) is 2.91. The second kappa shape index (κ2) is 7.80. The minimum atomic E-state index is -0.492. The SMILES string of the molecule is C[C@H](NCC(=O)Nc1ccc(C(N)=O)cc1)c1cccc2ccccc12. The van der Waals surface area contributed by atoms with Crippen LogP contribution >= 0.6 is 0 Å². The minimum Gasteiger partial charge on any atom is -0.366 e. The van der Waals surface area contributed by atoms with Crippen molar-refractivity contribution in [2.75, 3.05) is 11.9 Å². The van der Waals surface area contributed by atoms with Crippen molar-refractivity contribution in [3.63, 3.8) is 0 Å².